The van der Waals surface area contributed by atoms with Gasteiger partial charge in [-0.2, -0.15) is 0 Å². The summed E-state index contributed by atoms with van der Waals surface area (Å²) in [5.41, 5.74) is 0.366. The molecule has 0 saturated carbocycles. The van der Waals surface area contributed by atoms with Crippen LogP contribution in [-0.2, 0) is 57.7 Å². The molecule has 192 valence electrons. The Morgan fingerprint density at radius 2 is 1.54 bits per heavy atom. The van der Waals surface area contributed by atoms with E-state index in [0.717, 1.165) is 27.9 Å². The number of halogens is 1. The van der Waals surface area contributed by atoms with Gasteiger partial charge in [-0.25, -0.2) is 14.6 Å². The minimum atomic E-state index is -1.59. The molecular formula is C22H25ClO12. The molecule has 2 fully saturated rings. The highest BCUT2D eigenvalue weighted by atomic mass is 35.5. The van der Waals surface area contributed by atoms with Crippen LogP contribution in [0.1, 0.15) is 32.8 Å². The van der Waals surface area contributed by atoms with Gasteiger partial charge in [-0.3, -0.25) is 14.4 Å². The van der Waals surface area contributed by atoms with Crippen LogP contribution in [0.15, 0.2) is 24.3 Å². The monoisotopic (exact) mass is 516 g/mol. The van der Waals surface area contributed by atoms with E-state index in [1.165, 1.54) is 0 Å². The van der Waals surface area contributed by atoms with Gasteiger partial charge in [0.15, 0.2) is 18.3 Å². The predicted octanol–water partition coefficient (Wildman–Crippen LogP) is 1.50. The van der Waals surface area contributed by atoms with Gasteiger partial charge in [-0.05, 0) is 6.07 Å². The number of methoxy groups -OCH3 is 1. The number of rotatable bonds is 7. The lowest BCUT2D eigenvalue weighted by molar-refractivity contribution is -0.292. The van der Waals surface area contributed by atoms with Crippen LogP contribution in [-0.4, -0.2) is 68.3 Å². The van der Waals surface area contributed by atoms with Crippen molar-refractivity contribution in [1.82, 2.24) is 0 Å². The summed E-state index contributed by atoms with van der Waals surface area (Å²) in [7, 11) is 1.09. The smallest absolute Gasteiger partial charge is 0.339 e. The van der Waals surface area contributed by atoms with E-state index in [1.807, 2.05) is 0 Å². The molecule has 1 aromatic rings. The van der Waals surface area contributed by atoms with Crippen LogP contribution >= 0.6 is 11.6 Å². The lowest BCUT2D eigenvalue weighted by atomic mass is 9.97. The predicted molar refractivity (Wildman–Crippen MR) is 114 cm³/mol. The summed E-state index contributed by atoms with van der Waals surface area (Å²) in [5.74, 6) is -3.19. The Bertz CT molecular complexity index is 960. The zero-order chi connectivity index (χ0) is 25.8. The standard InChI is InChI=1S/C22H25ClO12/c1-11(24)30-16-17(31-12(2)25)19(32-13(3)26)21(34-18(16)20(27)28-4)33-15-8-6-5-7-14(15)22(23)9-10-29-35-22/h5-8,16-19,21H,9-10H2,1-4H3/t16-,17-,18-,19+,21+,22?/m0/s1. The van der Waals surface area contributed by atoms with Crippen molar-refractivity contribution in [2.24, 2.45) is 0 Å². The summed E-state index contributed by atoms with van der Waals surface area (Å²) in [6, 6.07) is 6.50. The van der Waals surface area contributed by atoms with Crippen molar-refractivity contribution in [2.45, 2.75) is 63.0 Å². The lowest BCUT2D eigenvalue weighted by Crippen LogP contribution is -2.64. The first-order valence-corrected chi connectivity index (χ1v) is 10.9. The molecule has 1 aromatic carbocycles. The first kappa shape index (κ1) is 26.7. The van der Waals surface area contributed by atoms with Gasteiger partial charge in [0, 0.05) is 32.8 Å². The van der Waals surface area contributed by atoms with Crippen LogP contribution in [0.4, 0.5) is 0 Å². The summed E-state index contributed by atoms with van der Waals surface area (Å²) < 4.78 is 32.5. The van der Waals surface area contributed by atoms with Gasteiger partial charge in [0.05, 0.1) is 13.7 Å². The minimum absolute atomic E-state index is 0.145. The van der Waals surface area contributed by atoms with Crippen molar-refractivity contribution in [1.29, 1.82) is 0 Å². The minimum Gasteiger partial charge on any atom is -0.467 e. The number of ether oxygens (including phenoxy) is 6. The molecule has 0 radical (unpaired) electrons. The van der Waals surface area contributed by atoms with E-state index in [1.54, 1.807) is 24.3 Å². The van der Waals surface area contributed by atoms with Gasteiger partial charge in [-0.15, -0.1) is 0 Å². The molecule has 2 aliphatic heterocycles. The van der Waals surface area contributed by atoms with Crippen molar-refractivity contribution < 1.29 is 57.4 Å². The summed E-state index contributed by atoms with van der Waals surface area (Å²) in [6.45, 7) is 3.53. The van der Waals surface area contributed by atoms with Gasteiger partial charge >= 0.3 is 23.9 Å². The molecule has 0 amide bonds. The SMILES string of the molecule is COC(=O)[C@H]1O[C@@H](Oc2ccccc2C2(Cl)CCOO2)[C@H](OC(C)=O)[C@@H](OC(C)=O)[C@@H]1OC(C)=O. The van der Waals surface area contributed by atoms with Gasteiger partial charge in [-0.1, -0.05) is 29.8 Å². The van der Waals surface area contributed by atoms with Crippen LogP contribution in [0.3, 0.4) is 0 Å². The Morgan fingerprint density at radius 1 is 0.943 bits per heavy atom. The second-order valence-corrected chi connectivity index (χ2v) is 8.28. The Labute approximate surface area is 205 Å². The van der Waals surface area contributed by atoms with E-state index in [-0.39, 0.29) is 12.4 Å². The van der Waals surface area contributed by atoms with Gasteiger partial charge < -0.3 is 28.4 Å². The Balaban J connectivity index is 2.05. The Morgan fingerprint density at radius 3 is 2.11 bits per heavy atom. The number of esters is 4. The van der Waals surface area contributed by atoms with Crippen LogP contribution in [0, 0.1) is 0 Å². The molecular weight excluding hydrogens is 492 g/mol. The number of alkyl halides is 1. The molecule has 6 atom stereocenters. The highest BCUT2D eigenvalue weighted by Gasteiger charge is 2.56. The maximum atomic E-state index is 12.5. The van der Waals surface area contributed by atoms with Crippen molar-refractivity contribution >= 4 is 35.5 Å². The third kappa shape index (κ3) is 6.20. The molecule has 12 nitrogen and oxygen atoms in total. The molecule has 0 spiro atoms. The topological polar surface area (TPSA) is 142 Å². The maximum absolute atomic E-state index is 12.5. The van der Waals surface area contributed by atoms with Crippen molar-refractivity contribution in [3.8, 4) is 5.75 Å². The number of para-hydroxylation sites is 1. The van der Waals surface area contributed by atoms with E-state index in [0.29, 0.717) is 12.0 Å². The van der Waals surface area contributed by atoms with Crippen LogP contribution in [0.25, 0.3) is 0 Å². The van der Waals surface area contributed by atoms with E-state index >= 15 is 0 Å². The molecule has 1 unspecified atom stereocenters. The fraction of sp³-hybridized carbons (Fsp3) is 0.545. The molecule has 13 heteroatoms. The fourth-order valence-corrected chi connectivity index (χ4v) is 3.98. The van der Waals surface area contributed by atoms with E-state index in [9.17, 15) is 19.2 Å². The van der Waals surface area contributed by atoms with Gasteiger partial charge in [0.2, 0.25) is 17.5 Å². The lowest BCUT2D eigenvalue weighted by Gasteiger charge is -2.43. The maximum Gasteiger partial charge on any atom is 0.339 e. The van der Waals surface area contributed by atoms with Crippen LogP contribution in [0.5, 0.6) is 5.75 Å². The first-order valence-electron chi connectivity index (χ1n) is 10.6. The molecule has 0 aliphatic carbocycles. The molecule has 2 saturated heterocycles. The second-order valence-electron chi connectivity index (χ2n) is 7.67. The first-order chi connectivity index (χ1) is 16.6. The highest BCUT2D eigenvalue weighted by Crippen LogP contribution is 2.44. The Hall–Kier alpha value is -2.93. The third-order valence-electron chi connectivity index (χ3n) is 5.06. The highest BCUT2D eigenvalue weighted by molar-refractivity contribution is 6.23. The number of benzene rings is 1. The second kappa shape index (κ2) is 11.2. The third-order valence-corrected chi connectivity index (χ3v) is 5.52. The van der Waals surface area contributed by atoms with Crippen molar-refractivity contribution in [3.05, 3.63) is 29.8 Å². The quantitative estimate of drug-likeness (QED) is 0.224. The molecule has 2 heterocycles. The fourth-order valence-electron chi connectivity index (χ4n) is 3.71. The molecule has 0 bridgehead atoms. The molecule has 2 aliphatic rings. The van der Waals surface area contributed by atoms with E-state index < -0.39 is 59.6 Å². The van der Waals surface area contributed by atoms with Crippen LogP contribution in [0.2, 0.25) is 0 Å². The average molecular weight is 517 g/mol. The van der Waals surface area contributed by atoms with E-state index in [4.69, 9.17) is 49.8 Å². The van der Waals surface area contributed by atoms with Gasteiger partial charge in [0.25, 0.3) is 0 Å². The number of carbonyl (C=O) groups is 4. The van der Waals surface area contributed by atoms with Crippen molar-refractivity contribution in [3.63, 3.8) is 0 Å². The molecule has 35 heavy (non-hydrogen) atoms. The summed E-state index contributed by atoms with van der Waals surface area (Å²) >= 11 is 6.56. The Kier molecular flexibility index (Phi) is 8.54. The largest absolute Gasteiger partial charge is 0.467 e. The summed E-state index contributed by atoms with van der Waals surface area (Å²) in [6.07, 6.45) is -7.26. The zero-order valence-electron chi connectivity index (χ0n) is 19.4. The number of carbonyl (C=O) groups excluding carboxylic acids is 4. The van der Waals surface area contributed by atoms with Crippen LogP contribution < -0.4 is 4.74 Å². The zero-order valence-corrected chi connectivity index (χ0v) is 20.1. The number of hydrogen-bond acceptors (Lipinski definition) is 12. The number of hydrogen-bond donors (Lipinski definition) is 0. The normalized spacial score (nSPS) is 30.1. The molecule has 0 aromatic heterocycles. The van der Waals surface area contributed by atoms with Gasteiger partial charge in [0.1, 0.15) is 5.75 Å². The molecule has 3 rings (SSSR count). The van der Waals surface area contributed by atoms with Crippen molar-refractivity contribution in [2.75, 3.05) is 13.7 Å². The average Bonchev–Trinajstić information content (AvgIpc) is 3.23. The molecule has 0 N–H and O–H groups in total. The summed E-state index contributed by atoms with van der Waals surface area (Å²) in [5, 5.41) is -1.38. The van der Waals surface area contributed by atoms with E-state index in [2.05, 4.69) is 0 Å². The summed E-state index contributed by atoms with van der Waals surface area (Å²) in [4.78, 5) is 58.3.